The van der Waals surface area contributed by atoms with Gasteiger partial charge < -0.3 is 14.7 Å². The van der Waals surface area contributed by atoms with Crippen LogP contribution in [0.25, 0.3) is 0 Å². The summed E-state index contributed by atoms with van der Waals surface area (Å²) in [6, 6.07) is 14.4. The summed E-state index contributed by atoms with van der Waals surface area (Å²) in [6.07, 6.45) is 0. The molecule has 0 aliphatic carbocycles. The number of esters is 1. The van der Waals surface area contributed by atoms with Gasteiger partial charge in [0.1, 0.15) is 0 Å². The van der Waals surface area contributed by atoms with Crippen molar-refractivity contribution in [2.24, 2.45) is 0 Å². The fraction of sp³-hybridized carbons (Fsp3) is 0.300. The normalized spacial score (nSPS) is 15.1. The molecule has 1 fully saturated rings. The molecule has 0 aromatic heterocycles. The second kappa shape index (κ2) is 9.17. The lowest BCUT2D eigenvalue weighted by Gasteiger charge is -2.33. The van der Waals surface area contributed by atoms with Crippen LogP contribution in [0.1, 0.15) is 15.9 Å². The number of piperazine rings is 1. The topological polar surface area (TPSA) is 104 Å². The van der Waals surface area contributed by atoms with E-state index in [2.05, 4.69) is 0 Å². The van der Waals surface area contributed by atoms with E-state index in [0.29, 0.717) is 5.56 Å². The number of hydrogen-bond donors (Lipinski definition) is 1. The predicted octanol–water partition coefficient (Wildman–Crippen LogP) is 0.869. The molecule has 1 N–H and O–H groups in total. The molecular weight excluding hydrogens is 396 g/mol. The number of hydrogen-bond acceptors (Lipinski definition) is 6. The Bertz CT molecular complexity index is 952. The first-order valence-corrected chi connectivity index (χ1v) is 10.6. The van der Waals surface area contributed by atoms with Gasteiger partial charge in [-0.1, -0.05) is 30.3 Å². The summed E-state index contributed by atoms with van der Waals surface area (Å²) >= 11 is 0. The van der Waals surface area contributed by atoms with Crippen LogP contribution in [0.4, 0.5) is 0 Å². The summed E-state index contributed by atoms with van der Waals surface area (Å²) in [5.74, 6) is -1.00. The average Bonchev–Trinajstić information content (AvgIpc) is 2.78. The van der Waals surface area contributed by atoms with Gasteiger partial charge in [0.05, 0.1) is 17.1 Å². The molecule has 0 saturated carbocycles. The molecule has 1 aliphatic rings. The van der Waals surface area contributed by atoms with Crippen molar-refractivity contribution >= 4 is 21.9 Å². The van der Waals surface area contributed by atoms with Crippen LogP contribution in [0.5, 0.6) is 0 Å². The van der Waals surface area contributed by atoms with Gasteiger partial charge in [0, 0.05) is 26.2 Å². The molecule has 2 aromatic carbocycles. The van der Waals surface area contributed by atoms with E-state index in [1.54, 1.807) is 42.5 Å². The maximum absolute atomic E-state index is 12.6. The average molecular weight is 418 g/mol. The van der Waals surface area contributed by atoms with Crippen molar-refractivity contribution in [2.45, 2.75) is 11.5 Å². The SMILES string of the molecule is O=C(OCC(=O)N1CCN(S(=O)(=O)c2ccccc2)CC1)c1ccc(CO)cc1. The number of ether oxygens (including phenoxy) is 1. The number of amides is 1. The molecule has 0 bridgehead atoms. The third kappa shape index (κ3) is 5.00. The Labute approximate surface area is 169 Å². The van der Waals surface area contributed by atoms with E-state index in [9.17, 15) is 18.0 Å². The zero-order chi connectivity index (χ0) is 20.9. The minimum atomic E-state index is -3.59. The number of rotatable bonds is 6. The van der Waals surface area contributed by atoms with Gasteiger partial charge in [-0.25, -0.2) is 13.2 Å². The number of sulfonamides is 1. The largest absolute Gasteiger partial charge is 0.452 e. The predicted molar refractivity (Wildman–Crippen MR) is 104 cm³/mol. The molecule has 0 spiro atoms. The van der Waals surface area contributed by atoms with Crippen LogP contribution in [-0.2, 0) is 26.2 Å². The fourth-order valence-corrected chi connectivity index (χ4v) is 4.41. The smallest absolute Gasteiger partial charge is 0.338 e. The monoisotopic (exact) mass is 418 g/mol. The number of nitrogens with zero attached hydrogens (tertiary/aromatic N) is 2. The van der Waals surface area contributed by atoms with Gasteiger partial charge in [-0.15, -0.1) is 0 Å². The molecule has 1 aliphatic heterocycles. The van der Waals surface area contributed by atoms with Crippen LogP contribution in [0.3, 0.4) is 0 Å². The number of aliphatic hydroxyl groups is 1. The van der Waals surface area contributed by atoms with Gasteiger partial charge in [-0.2, -0.15) is 4.31 Å². The van der Waals surface area contributed by atoms with E-state index < -0.39 is 22.6 Å². The molecular formula is C20H22N2O6S. The Morgan fingerprint density at radius 2 is 1.55 bits per heavy atom. The first kappa shape index (κ1) is 21.0. The van der Waals surface area contributed by atoms with E-state index in [1.165, 1.54) is 21.3 Å². The van der Waals surface area contributed by atoms with Gasteiger partial charge in [0.25, 0.3) is 5.91 Å². The van der Waals surface area contributed by atoms with Crippen LogP contribution in [0, 0.1) is 0 Å². The number of aliphatic hydroxyl groups excluding tert-OH is 1. The highest BCUT2D eigenvalue weighted by Gasteiger charge is 2.30. The van der Waals surface area contributed by atoms with E-state index in [0.717, 1.165) is 0 Å². The lowest BCUT2D eigenvalue weighted by Crippen LogP contribution is -2.51. The highest BCUT2D eigenvalue weighted by molar-refractivity contribution is 7.89. The molecule has 0 unspecified atom stereocenters. The zero-order valence-corrected chi connectivity index (χ0v) is 16.5. The lowest BCUT2D eigenvalue weighted by molar-refractivity contribution is -0.135. The molecule has 8 nitrogen and oxygen atoms in total. The Kier molecular flexibility index (Phi) is 6.63. The maximum Gasteiger partial charge on any atom is 0.338 e. The Hall–Kier alpha value is -2.75. The molecule has 1 amide bonds. The van der Waals surface area contributed by atoms with Gasteiger partial charge in [-0.05, 0) is 29.8 Å². The van der Waals surface area contributed by atoms with Crippen molar-refractivity contribution in [3.63, 3.8) is 0 Å². The third-order valence-electron chi connectivity index (χ3n) is 4.67. The van der Waals surface area contributed by atoms with Gasteiger partial charge in [-0.3, -0.25) is 4.79 Å². The second-order valence-electron chi connectivity index (χ2n) is 6.53. The molecule has 1 saturated heterocycles. The summed E-state index contributed by atoms with van der Waals surface area (Å²) < 4.78 is 31.6. The summed E-state index contributed by atoms with van der Waals surface area (Å²) in [5.41, 5.74) is 0.953. The third-order valence-corrected chi connectivity index (χ3v) is 6.58. The second-order valence-corrected chi connectivity index (χ2v) is 8.47. The molecule has 29 heavy (non-hydrogen) atoms. The van der Waals surface area contributed by atoms with E-state index in [1.807, 2.05) is 0 Å². The highest BCUT2D eigenvalue weighted by Crippen LogP contribution is 2.17. The van der Waals surface area contributed by atoms with Crippen molar-refractivity contribution in [1.29, 1.82) is 0 Å². The van der Waals surface area contributed by atoms with Crippen LogP contribution < -0.4 is 0 Å². The summed E-state index contributed by atoms with van der Waals surface area (Å²) in [6.45, 7) is 0.284. The first-order chi connectivity index (χ1) is 13.9. The van der Waals surface area contributed by atoms with Crippen molar-refractivity contribution in [3.05, 3.63) is 65.7 Å². The van der Waals surface area contributed by atoms with Crippen LogP contribution in [0.2, 0.25) is 0 Å². The molecule has 154 valence electrons. The van der Waals surface area contributed by atoms with Crippen molar-refractivity contribution in [3.8, 4) is 0 Å². The van der Waals surface area contributed by atoms with Crippen LogP contribution in [0.15, 0.2) is 59.5 Å². The summed E-state index contributed by atoms with van der Waals surface area (Å²) in [4.78, 5) is 26.0. The minimum Gasteiger partial charge on any atom is -0.452 e. The highest BCUT2D eigenvalue weighted by atomic mass is 32.2. The molecule has 0 radical (unpaired) electrons. The standard InChI is InChI=1S/C20H22N2O6S/c23-14-16-6-8-17(9-7-16)20(25)28-15-19(24)21-10-12-22(13-11-21)29(26,27)18-4-2-1-3-5-18/h1-9,23H,10-15H2. The maximum atomic E-state index is 12.6. The number of carbonyl (C=O) groups excluding carboxylic acids is 2. The van der Waals surface area contributed by atoms with E-state index in [-0.39, 0.29) is 49.2 Å². The number of benzene rings is 2. The molecule has 3 rings (SSSR count). The van der Waals surface area contributed by atoms with Crippen molar-refractivity contribution in [2.75, 3.05) is 32.8 Å². The Morgan fingerprint density at radius 3 is 2.14 bits per heavy atom. The van der Waals surface area contributed by atoms with Gasteiger partial charge in [0.2, 0.25) is 10.0 Å². The lowest BCUT2D eigenvalue weighted by atomic mass is 10.1. The van der Waals surface area contributed by atoms with E-state index >= 15 is 0 Å². The van der Waals surface area contributed by atoms with E-state index in [4.69, 9.17) is 9.84 Å². The molecule has 9 heteroatoms. The van der Waals surface area contributed by atoms with Crippen LogP contribution >= 0.6 is 0 Å². The summed E-state index contributed by atoms with van der Waals surface area (Å²) in [7, 11) is -3.59. The quantitative estimate of drug-likeness (QED) is 0.698. The minimum absolute atomic E-state index is 0.125. The van der Waals surface area contributed by atoms with Gasteiger partial charge >= 0.3 is 5.97 Å². The molecule has 2 aromatic rings. The van der Waals surface area contributed by atoms with Crippen LogP contribution in [-0.4, -0.2) is 67.4 Å². The number of carbonyl (C=O) groups is 2. The van der Waals surface area contributed by atoms with Crippen molar-refractivity contribution in [1.82, 2.24) is 9.21 Å². The Morgan fingerprint density at radius 1 is 0.931 bits per heavy atom. The van der Waals surface area contributed by atoms with Crippen molar-refractivity contribution < 1.29 is 27.9 Å². The fourth-order valence-electron chi connectivity index (χ4n) is 2.97. The first-order valence-electron chi connectivity index (χ1n) is 9.11. The zero-order valence-electron chi connectivity index (χ0n) is 15.7. The molecule has 1 heterocycles. The Balaban J connectivity index is 1.50. The molecule has 0 atom stereocenters. The van der Waals surface area contributed by atoms with Gasteiger partial charge in [0.15, 0.2) is 6.61 Å². The summed E-state index contributed by atoms with van der Waals surface area (Å²) in [5, 5.41) is 9.01.